The zero-order valence-electron chi connectivity index (χ0n) is 12.6. The molecule has 1 heterocycles. The Bertz CT molecular complexity index is 538. The number of guanidine groups is 1. The van der Waals surface area contributed by atoms with E-state index in [0.29, 0.717) is 18.9 Å². The van der Waals surface area contributed by atoms with Crippen LogP contribution in [0.5, 0.6) is 0 Å². The van der Waals surface area contributed by atoms with Gasteiger partial charge in [-0.3, -0.25) is 4.99 Å². The predicted octanol–water partition coefficient (Wildman–Crippen LogP) is 2.16. The SMILES string of the molecule is CN=C(NCC1CCCO1)NC1CC1c1c(F)cccc1F. The van der Waals surface area contributed by atoms with Crippen molar-refractivity contribution < 1.29 is 13.5 Å². The molecule has 2 fully saturated rings. The molecule has 4 nitrogen and oxygen atoms in total. The van der Waals surface area contributed by atoms with Gasteiger partial charge in [0.15, 0.2) is 5.96 Å². The van der Waals surface area contributed by atoms with Crippen molar-refractivity contribution in [2.24, 2.45) is 4.99 Å². The van der Waals surface area contributed by atoms with Crippen molar-refractivity contribution in [3.63, 3.8) is 0 Å². The molecule has 6 heteroatoms. The number of hydrogen-bond donors (Lipinski definition) is 2. The summed E-state index contributed by atoms with van der Waals surface area (Å²) in [5.41, 5.74) is 0.176. The van der Waals surface area contributed by atoms with Crippen molar-refractivity contribution in [3.8, 4) is 0 Å². The van der Waals surface area contributed by atoms with Crippen molar-refractivity contribution in [3.05, 3.63) is 35.4 Å². The molecule has 1 aliphatic carbocycles. The molecular formula is C16H21F2N3O. The van der Waals surface area contributed by atoms with Crippen LogP contribution in [-0.4, -0.2) is 38.3 Å². The molecule has 1 aliphatic heterocycles. The highest BCUT2D eigenvalue weighted by molar-refractivity contribution is 5.80. The maximum atomic E-state index is 13.8. The van der Waals surface area contributed by atoms with E-state index in [-0.39, 0.29) is 23.6 Å². The Balaban J connectivity index is 1.53. The lowest BCUT2D eigenvalue weighted by molar-refractivity contribution is 0.114. The van der Waals surface area contributed by atoms with Crippen LogP contribution in [0.4, 0.5) is 8.78 Å². The van der Waals surface area contributed by atoms with Crippen LogP contribution in [0.15, 0.2) is 23.2 Å². The van der Waals surface area contributed by atoms with Gasteiger partial charge in [0.05, 0.1) is 6.10 Å². The molecule has 0 bridgehead atoms. The Morgan fingerprint density at radius 3 is 2.77 bits per heavy atom. The van der Waals surface area contributed by atoms with Crippen LogP contribution in [0.2, 0.25) is 0 Å². The van der Waals surface area contributed by atoms with E-state index in [1.165, 1.54) is 18.2 Å². The first-order chi connectivity index (χ1) is 10.7. The van der Waals surface area contributed by atoms with Crippen LogP contribution in [0.3, 0.4) is 0 Å². The molecule has 120 valence electrons. The van der Waals surface area contributed by atoms with Gasteiger partial charge in [0, 0.05) is 37.7 Å². The summed E-state index contributed by atoms with van der Waals surface area (Å²) in [6.45, 7) is 1.51. The lowest BCUT2D eigenvalue weighted by atomic mass is 10.1. The third kappa shape index (κ3) is 3.38. The van der Waals surface area contributed by atoms with Gasteiger partial charge in [-0.05, 0) is 31.4 Å². The minimum absolute atomic E-state index is 0.0158. The molecule has 3 rings (SSSR count). The molecule has 2 N–H and O–H groups in total. The fourth-order valence-corrected chi connectivity index (χ4v) is 2.92. The summed E-state index contributed by atoms with van der Waals surface area (Å²) in [6.07, 6.45) is 3.07. The van der Waals surface area contributed by atoms with Gasteiger partial charge in [0.2, 0.25) is 0 Å². The van der Waals surface area contributed by atoms with Gasteiger partial charge < -0.3 is 15.4 Å². The normalized spacial score (nSPS) is 27.8. The highest BCUT2D eigenvalue weighted by Gasteiger charge is 2.42. The smallest absolute Gasteiger partial charge is 0.191 e. The Morgan fingerprint density at radius 1 is 1.36 bits per heavy atom. The fraction of sp³-hybridized carbons (Fsp3) is 0.562. The summed E-state index contributed by atoms with van der Waals surface area (Å²) in [7, 11) is 1.69. The van der Waals surface area contributed by atoms with E-state index in [9.17, 15) is 8.78 Å². The van der Waals surface area contributed by atoms with Crippen molar-refractivity contribution >= 4 is 5.96 Å². The fourth-order valence-electron chi connectivity index (χ4n) is 2.92. The Labute approximate surface area is 129 Å². The Hall–Kier alpha value is -1.69. The first-order valence-electron chi connectivity index (χ1n) is 7.71. The summed E-state index contributed by atoms with van der Waals surface area (Å²) in [5.74, 6) is -0.435. The summed E-state index contributed by atoms with van der Waals surface area (Å²) >= 11 is 0. The van der Waals surface area contributed by atoms with Gasteiger partial charge in [-0.15, -0.1) is 0 Å². The van der Waals surface area contributed by atoms with Gasteiger partial charge in [0.1, 0.15) is 11.6 Å². The zero-order chi connectivity index (χ0) is 15.5. The first-order valence-corrected chi connectivity index (χ1v) is 7.71. The number of ether oxygens (including phenoxy) is 1. The van der Waals surface area contributed by atoms with Crippen LogP contribution in [0.25, 0.3) is 0 Å². The average Bonchev–Trinajstić information content (AvgIpc) is 3.04. The second kappa shape index (κ2) is 6.60. The second-order valence-corrected chi connectivity index (χ2v) is 5.82. The molecule has 3 unspecified atom stereocenters. The van der Waals surface area contributed by atoms with Gasteiger partial charge in [0.25, 0.3) is 0 Å². The monoisotopic (exact) mass is 309 g/mol. The average molecular weight is 309 g/mol. The molecule has 1 saturated heterocycles. The highest BCUT2D eigenvalue weighted by atomic mass is 19.1. The molecule has 1 saturated carbocycles. The number of aliphatic imine (C=N–C) groups is 1. The van der Waals surface area contributed by atoms with Crippen LogP contribution < -0.4 is 10.6 Å². The van der Waals surface area contributed by atoms with Crippen LogP contribution in [0, 0.1) is 11.6 Å². The van der Waals surface area contributed by atoms with Crippen LogP contribution in [0.1, 0.15) is 30.7 Å². The quantitative estimate of drug-likeness (QED) is 0.662. The van der Waals surface area contributed by atoms with Gasteiger partial charge in [-0.2, -0.15) is 0 Å². The minimum Gasteiger partial charge on any atom is -0.376 e. The number of rotatable bonds is 4. The molecule has 22 heavy (non-hydrogen) atoms. The Morgan fingerprint density at radius 2 is 2.14 bits per heavy atom. The number of hydrogen-bond acceptors (Lipinski definition) is 2. The largest absolute Gasteiger partial charge is 0.376 e. The zero-order valence-corrected chi connectivity index (χ0v) is 12.6. The van der Waals surface area contributed by atoms with Gasteiger partial charge in [-0.1, -0.05) is 6.07 Å². The van der Waals surface area contributed by atoms with E-state index in [2.05, 4.69) is 15.6 Å². The van der Waals surface area contributed by atoms with E-state index in [4.69, 9.17) is 4.74 Å². The minimum atomic E-state index is -0.475. The first kappa shape index (κ1) is 15.2. The molecule has 0 radical (unpaired) electrons. The van der Waals surface area contributed by atoms with Crippen molar-refractivity contribution in [1.29, 1.82) is 0 Å². The van der Waals surface area contributed by atoms with Gasteiger partial charge >= 0.3 is 0 Å². The number of halogens is 2. The highest BCUT2D eigenvalue weighted by Crippen LogP contribution is 2.42. The lowest BCUT2D eigenvalue weighted by Crippen LogP contribution is -2.42. The Kier molecular flexibility index (Phi) is 4.57. The standard InChI is InChI=1S/C16H21F2N3O/c1-19-16(20-9-10-4-3-7-22-10)21-14-8-11(14)15-12(17)5-2-6-13(15)18/h2,5-6,10-11,14H,3-4,7-9H2,1H3,(H2,19,20,21). The molecule has 0 aromatic heterocycles. The maximum absolute atomic E-state index is 13.8. The summed E-state index contributed by atoms with van der Waals surface area (Å²) in [6, 6.07) is 4.01. The van der Waals surface area contributed by atoms with E-state index in [1.54, 1.807) is 7.05 Å². The summed E-state index contributed by atoms with van der Waals surface area (Å²) in [5, 5.41) is 6.43. The number of nitrogens with zero attached hydrogens (tertiary/aromatic N) is 1. The van der Waals surface area contributed by atoms with Crippen molar-refractivity contribution in [2.75, 3.05) is 20.2 Å². The third-order valence-corrected chi connectivity index (χ3v) is 4.23. The maximum Gasteiger partial charge on any atom is 0.191 e. The second-order valence-electron chi connectivity index (χ2n) is 5.82. The third-order valence-electron chi connectivity index (χ3n) is 4.23. The lowest BCUT2D eigenvalue weighted by Gasteiger charge is -2.15. The van der Waals surface area contributed by atoms with Crippen molar-refractivity contribution in [1.82, 2.24) is 10.6 Å². The van der Waals surface area contributed by atoms with Crippen molar-refractivity contribution in [2.45, 2.75) is 37.3 Å². The molecule has 0 amide bonds. The number of benzene rings is 1. The molecule has 1 aromatic rings. The molecule has 1 aromatic carbocycles. The topological polar surface area (TPSA) is 45.7 Å². The summed E-state index contributed by atoms with van der Waals surface area (Å²) in [4.78, 5) is 4.15. The molecule has 0 spiro atoms. The summed E-state index contributed by atoms with van der Waals surface area (Å²) < 4.78 is 33.1. The molecule has 3 atom stereocenters. The van der Waals surface area contributed by atoms with Gasteiger partial charge in [-0.25, -0.2) is 8.78 Å². The van der Waals surface area contributed by atoms with E-state index in [0.717, 1.165) is 19.4 Å². The van der Waals surface area contributed by atoms with E-state index in [1.807, 2.05) is 0 Å². The van der Waals surface area contributed by atoms with E-state index >= 15 is 0 Å². The molecular weight excluding hydrogens is 288 g/mol. The predicted molar refractivity (Wildman–Crippen MR) is 81.0 cm³/mol. The van der Waals surface area contributed by atoms with Crippen LogP contribution in [-0.2, 0) is 4.74 Å². The molecule has 2 aliphatic rings. The van der Waals surface area contributed by atoms with E-state index < -0.39 is 11.6 Å². The number of nitrogens with one attached hydrogen (secondary N) is 2. The van der Waals surface area contributed by atoms with Crippen LogP contribution >= 0.6 is 0 Å².